The van der Waals surface area contributed by atoms with Gasteiger partial charge in [-0.2, -0.15) is 0 Å². The van der Waals surface area contributed by atoms with Crippen molar-refractivity contribution in [1.82, 2.24) is 0 Å². The van der Waals surface area contributed by atoms with E-state index in [2.05, 4.69) is 0 Å². The van der Waals surface area contributed by atoms with Crippen molar-refractivity contribution >= 4 is 17.4 Å². The summed E-state index contributed by atoms with van der Waals surface area (Å²) >= 11 is 6.14. The summed E-state index contributed by atoms with van der Waals surface area (Å²) in [6.45, 7) is 7.96. The van der Waals surface area contributed by atoms with Crippen LogP contribution in [0.15, 0.2) is 18.2 Å². The predicted molar refractivity (Wildman–Crippen MR) is 75.2 cm³/mol. The van der Waals surface area contributed by atoms with Crippen LogP contribution in [0.1, 0.15) is 31.9 Å². The first kappa shape index (κ1) is 15.2. The number of ketones is 1. The average molecular weight is 269 g/mol. The van der Waals surface area contributed by atoms with Crippen LogP contribution in [0.25, 0.3) is 0 Å². The van der Waals surface area contributed by atoms with E-state index in [4.69, 9.17) is 16.3 Å². The molecule has 0 bridgehead atoms. The van der Waals surface area contributed by atoms with Crippen LogP contribution in [0.5, 0.6) is 0 Å². The summed E-state index contributed by atoms with van der Waals surface area (Å²) in [7, 11) is 1.57. The lowest BCUT2D eigenvalue weighted by Crippen LogP contribution is -2.37. The third-order valence-electron chi connectivity index (χ3n) is 2.89. The van der Waals surface area contributed by atoms with Gasteiger partial charge in [-0.05, 0) is 29.5 Å². The van der Waals surface area contributed by atoms with Gasteiger partial charge in [-0.3, -0.25) is 4.79 Å². The first-order valence-corrected chi connectivity index (χ1v) is 6.44. The molecule has 0 spiro atoms. The second-order valence-electron chi connectivity index (χ2n) is 5.72. The molecule has 1 aromatic carbocycles. The number of halogens is 1. The molecule has 0 heterocycles. The normalized spacial score (nSPS) is 13.4. The maximum absolute atomic E-state index is 12.2. The number of benzene rings is 1. The fraction of sp³-hybridized carbons (Fsp3) is 0.533. The van der Waals surface area contributed by atoms with E-state index in [-0.39, 0.29) is 11.2 Å². The minimum absolute atomic E-state index is 0.0655. The molecule has 0 saturated carbocycles. The molecule has 0 fully saturated rings. The zero-order valence-electron chi connectivity index (χ0n) is 11.7. The van der Waals surface area contributed by atoms with Crippen molar-refractivity contribution in [2.24, 2.45) is 5.41 Å². The highest BCUT2D eigenvalue weighted by Crippen LogP contribution is 2.25. The number of methoxy groups -OCH3 is 1. The Morgan fingerprint density at radius 2 is 2.00 bits per heavy atom. The van der Waals surface area contributed by atoms with E-state index in [9.17, 15) is 4.79 Å². The Morgan fingerprint density at radius 3 is 2.44 bits per heavy atom. The third kappa shape index (κ3) is 3.82. The predicted octanol–water partition coefficient (Wildman–Crippen LogP) is 3.82. The average Bonchev–Trinajstić information content (AvgIpc) is 2.21. The molecular weight excluding hydrogens is 248 g/mol. The SMILES string of the molecule is COC(C(=O)Cc1ccc(C)cc1Cl)C(C)(C)C. The van der Waals surface area contributed by atoms with E-state index in [0.29, 0.717) is 11.4 Å². The molecular formula is C15H21ClO2. The maximum atomic E-state index is 12.2. The van der Waals surface area contributed by atoms with Crippen LogP contribution in [0, 0.1) is 12.3 Å². The number of aryl methyl sites for hydroxylation is 1. The summed E-state index contributed by atoms with van der Waals surface area (Å²) in [6.07, 6.45) is -0.0932. The lowest BCUT2D eigenvalue weighted by molar-refractivity contribution is -0.134. The van der Waals surface area contributed by atoms with Gasteiger partial charge >= 0.3 is 0 Å². The van der Waals surface area contributed by atoms with Crippen LogP contribution < -0.4 is 0 Å². The van der Waals surface area contributed by atoms with Gasteiger partial charge in [0.25, 0.3) is 0 Å². The van der Waals surface area contributed by atoms with Gasteiger partial charge in [0.2, 0.25) is 0 Å². The van der Waals surface area contributed by atoms with Gasteiger partial charge in [0.1, 0.15) is 6.10 Å². The first-order chi connectivity index (χ1) is 8.25. The van der Waals surface area contributed by atoms with Gasteiger partial charge in [-0.25, -0.2) is 0 Å². The van der Waals surface area contributed by atoms with E-state index in [0.717, 1.165) is 11.1 Å². The van der Waals surface area contributed by atoms with E-state index in [1.54, 1.807) is 7.11 Å². The van der Waals surface area contributed by atoms with Crippen molar-refractivity contribution in [3.05, 3.63) is 34.3 Å². The molecule has 0 saturated heterocycles. The summed E-state index contributed by atoms with van der Waals surface area (Å²) in [5.41, 5.74) is 1.75. The topological polar surface area (TPSA) is 26.3 Å². The lowest BCUT2D eigenvalue weighted by Gasteiger charge is -2.28. The van der Waals surface area contributed by atoms with Crippen molar-refractivity contribution in [3.63, 3.8) is 0 Å². The Morgan fingerprint density at radius 1 is 1.39 bits per heavy atom. The van der Waals surface area contributed by atoms with Gasteiger partial charge in [0.15, 0.2) is 5.78 Å². The zero-order valence-corrected chi connectivity index (χ0v) is 12.5. The Bertz CT molecular complexity index is 433. The van der Waals surface area contributed by atoms with Crippen molar-refractivity contribution in [3.8, 4) is 0 Å². The van der Waals surface area contributed by atoms with E-state index >= 15 is 0 Å². The molecule has 1 unspecified atom stereocenters. The zero-order chi connectivity index (χ0) is 13.9. The van der Waals surface area contributed by atoms with Crippen LogP contribution in [-0.4, -0.2) is 19.0 Å². The molecule has 18 heavy (non-hydrogen) atoms. The Hall–Kier alpha value is -0.860. The van der Waals surface area contributed by atoms with E-state index in [1.165, 1.54) is 0 Å². The number of hydrogen-bond donors (Lipinski definition) is 0. The van der Waals surface area contributed by atoms with E-state index in [1.807, 2.05) is 45.9 Å². The van der Waals surface area contributed by atoms with E-state index < -0.39 is 6.10 Å². The minimum Gasteiger partial charge on any atom is -0.373 e. The monoisotopic (exact) mass is 268 g/mol. The van der Waals surface area contributed by atoms with Crippen LogP contribution in [-0.2, 0) is 16.0 Å². The van der Waals surface area contributed by atoms with Crippen LogP contribution >= 0.6 is 11.6 Å². The van der Waals surface area contributed by atoms with Crippen LogP contribution in [0.2, 0.25) is 5.02 Å². The summed E-state index contributed by atoms with van der Waals surface area (Å²) in [5, 5.41) is 0.645. The number of carbonyl (C=O) groups excluding carboxylic acids is 1. The molecule has 0 aliphatic carbocycles. The molecule has 1 aromatic rings. The Kier molecular flexibility index (Phi) is 4.94. The largest absolute Gasteiger partial charge is 0.373 e. The number of hydrogen-bond acceptors (Lipinski definition) is 2. The quantitative estimate of drug-likeness (QED) is 0.830. The first-order valence-electron chi connectivity index (χ1n) is 6.06. The Balaban J connectivity index is 2.87. The summed E-state index contributed by atoms with van der Waals surface area (Å²) in [6, 6.07) is 5.75. The fourth-order valence-electron chi connectivity index (χ4n) is 2.04. The van der Waals surface area contributed by atoms with Crippen molar-refractivity contribution in [2.75, 3.05) is 7.11 Å². The van der Waals surface area contributed by atoms with Gasteiger partial charge in [0, 0.05) is 18.6 Å². The molecule has 0 aliphatic rings. The molecule has 0 radical (unpaired) electrons. The van der Waals surface area contributed by atoms with Crippen molar-refractivity contribution in [2.45, 2.75) is 40.2 Å². The number of ether oxygens (including phenoxy) is 1. The molecule has 0 amide bonds. The smallest absolute Gasteiger partial charge is 0.166 e. The number of carbonyl (C=O) groups is 1. The molecule has 0 N–H and O–H groups in total. The highest BCUT2D eigenvalue weighted by Gasteiger charge is 2.31. The molecule has 2 nitrogen and oxygen atoms in total. The van der Waals surface area contributed by atoms with Gasteiger partial charge in [-0.15, -0.1) is 0 Å². The van der Waals surface area contributed by atoms with Crippen LogP contribution in [0.3, 0.4) is 0 Å². The molecule has 0 aliphatic heterocycles. The maximum Gasteiger partial charge on any atom is 0.166 e. The third-order valence-corrected chi connectivity index (χ3v) is 3.24. The standard InChI is InChI=1S/C15H21ClO2/c1-10-6-7-11(12(16)8-10)9-13(17)14(18-5)15(2,3)4/h6-8,14H,9H2,1-5H3. The van der Waals surface area contributed by atoms with Crippen molar-refractivity contribution < 1.29 is 9.53 Å². The number of Topliss-reactive ketones (excluding diaryl/α,β-unsaturated/α-hetero) is 1. The molecule has 1 rings (SSSR count). The van der Waals surface area contributed by atoms with Gasteiger partial charge < -0.3 is 4.74 Å². The molecule has 100 valence electrons. The summed E-state index contributed by atoms with van der Waals surface area (Å²) in [5.74, 6) is 0.0655. The second-order valence-corrected chi connectivity index (χ2v) is 6.13. The second kappa shape index (κ2) is 5.85. The number of rotatable bonds is 4. The van der Waals surface area contributed by atoms with Gasteiger partial charge in [-0.1, -0.05) is 44.5 Å². The minimum atomic E-state index is -0.408. The van der Waals surface area contributed by atoms with Crippen LogP contribution in [0.4, 0.5) is 0 Å². The Labute approximate surface area is 114 Å². The highest BCUT2D eigenvalue weighted by atomic mass is 35.5. The lowest BCUT2D eigenvalue weighted by atomic mass is 9.84. The van der Waals surface area contributed by atoms with Gasteiger partial charge in [0.05, 0.1) is 0 Å². The fourth-order valence-corrected chi connectivity index (χ4v) is 2.35. The summed E-state index contributed by atoms with van der Waals surface area (Å²) in [4.78, 5) is 12.2. The van der Waals surface area contributed by atoms with Crippen molar-refractivity contribution in [1.29, 1.82) is 0 Å². The summed E-state index contributed by atoms with van der Waals surface area (Å²) < 4.78 is 5.32. The molecule has 0 aromatic heterocycles. The highest BCUT2D eigenvalue weighted by molar-refractivity contribution is 6.31. The molecule has 3 heteroatoms. The molecule has 1 atom stereocenters.